The summed E-state index contributed by atoms with van der Waals surface area (Å²) in [4.78, 5) is 27.8. The second kappa shape index (κ2) is 7.07. The maximum absolute atomic E-state index is 13.1. The van der Waals surface area contributed by atoms with Gasteiger partial charge in [0.25, 0.3) is 0 Å². The third-order valence-corrected chi connectivity index (χ3v) is 3.67. The lowest BCUT2D eigenvalue weighted by atomic mass is 10.1. The van der Waals surface area contributed by atoms with Crippen LogP contribution in [0.2, 0.25) is 0 Å². The molecule has 1 atom stereocenters. The number of ether oxygens (including phenoxy) is 2. The van der Waals surface area contributed by atoms with Crippen LogP contribution in [0.3, 0.4) is 0 Å². The summed E-state index contributed by atoms with van der Waals surface area (Å²) >= 11 is 0. The molecule has 0 spiro atoms. The van der Waals surface area contributed by atoms with Crippen LogP contribution in [0.15, 0.2) is 24.3 Å². The highest BCUT2D eigenvalue weighted by Gasteiger charge is 2.38. The van der Waals surface area contributed by atoms with E-state index in [2.05, 4.69) is 0 Å². The Hall–Kier alpha value is -2.31. The maximum Gasteiger partial charge on any atom is 0.411 e. The Balaban J connectivity index is 2.16. The van der Waals surface area contributed by atoms with E-state index in [1.165, 1.54) is 24.1 Å². The molecule has 1 aromatic carbocycles. The van der Waals surface area contributed by atoms with E-state index < -0.39 is 23.7 Å². The van der Waals surface area contributed by atoms with Crippen LogP contribution < -0.4 is 4.90 Å². The molecule has 0 aromatic heterocycles. The van der Waals surface area contributed by atoms with Gasteiger partial charge >= 0.3 is 12.1 Å². The summed E-state index contributed by atoms with van der Waals surface area (Å²) in [6.45, 7) is 6.40. The molecule has 0 saturated carbocycles. The highest BCUT2D eigenvalue weighted by molar-refractivity contribution is 5.82. The molecule has 1 saturated heterocycles. The SMILES string of the molecule is COC(=O)C1CN(c2ccc(F)cc2)CCN1C(=O)OC(C)(C)C. The van der Waals surface area contributed by atoms with Gasteiger partial charge in [0, 0.05) is 25.3 Å². The van der Waals surface area contributed by atoms with Crippen molar-refractivity contribution in [1.29, 1.82) is 0 Å². The molecule has 6 nitrogen and oxygen atoms in total. The summed E-state index contributed by atoms with van der Waals surface area (Å²) in [6, 6.07) is 5.24. The topological polar surface area (TPSA) is 59.1 Å². The van der Waals surface area contributed by atoms with Crippen molar-refractivity contribution in [3.8, 4) is 0 Å². The van der Waals surface area contributed by atoms with Gasteiger partial charge in [-0.25, -0.2) is 14.0 Å². The van der Waals surface area contributed by atoms with E-state index in [0.29, 0.717) is 13.1 Å². The molecule has 0 radical (unpaired) electrons. The van der Waals surface area contributed by atoms with E-state index in [-0.39, 0.29) is 12.4 Å². The van der Waals surface area contributed by atoms with Gasteiger partial charge in [-0.1, -0.05) is 0 Å². The average molecular weight is 338 g/mol. The van der Waals surface area contributed by atoms with Crippen molar-refractivity contribution < 1.29 is 23.5 Å². The van der Waals surface area contributed by atoms with Crippen molar-refractivity contribution in [3.05, 3.63) is 30.1 Å². The second-order valence-electron chi connectivity index (χ2n) is 6.64. The van der Waals surface area contributed by atoms with Crippen molar-refractivity contribution in [2.45, 2.75) is 32.4 Å². The number of hydrogen-bond donors (Lipinski definition) is 0. The predicted molar refractivity (Wildman–Crippen MR) is 87.4 cm³/mol. The van der Waals surface area contributed by atoms with Crippen molar-refractivity contribution in [2.24, 2.45) is 0 Å². The number of nitrogens with zero attached hydrogens (tertiary/aromatic N) is 2. The third kappa shape index (κ3) is 4.37. The largest absolute Gasteiger partial charge is 0.467 e. The molecule has 1 aromatic rings. The number of halogens is 1. The van der Waals surface area contributed by atoms with Crippen LogP contribution in [0, 0.1) is 5.82 Å². The number of hydrogen-bond acceptors (Lipinski definition) is 5. The van der Waals surface area contributed by atoms with Crippen LogP contribution >= 0.6 is 0 Å². The normalized spacial score (nSPS) is 18.3. The fourth-order valence-electron chi connectivity index (χ4n) is 2.55. The predicted octanol–water partition coefficient (Wildman–Crippen LogP) is 2.42. The fraction of sp³-hybridized carbons (Fsp3) is 0.529. The lowest BCUT2D eigenvalue weighted by molar-refractivity contribution is -0.147. The number of anilines is 1. The van der Waals surface area contributed by atoms with Crippen LogP contribution in [0.1, 0.15) is 20.8 Å². The molecule has 7 heteroatoms. The summed E-state index contributed by atoms with van der Waals surface area (Å²) in [5, 5.41) is 0. The Bertz CT molecular complexity index is 598. The molecule has 1 heterocycles. The van der Waals surface area contributed by atoms with Crippen molar-refractivity contribution >= 4 is 17.7 Å². The Morgan fingerprint density at radius 3 is 2.33 bits per heavy atom. The van der Waals surface area contributed by atoms with E-state index in [1.807, 2.05) is 4.90 Å². The smallest absolute Gasteiger partial charge is 0.411 e. The monoisotopic (exact) mass is 338 g/mol. The zero-order chi connectivity index (χ0) is 17.9. The van der Waals surface area contributed by atoms with Crippen LogP contribution in [-0.2, 0) is 14.3 Å². The standard InChI is InChI=1S/C17H23FN2O4/c1-17(2,3)24-16(22)20-10-9-19(11-14(20)15(21)23-4)13-7-5-12(18)6-8-13/h5-8,14H,9-11H2,1-4H3. The van der Waals surface area contributed by atoms with Gasteiger partial charge in [0.05, 0.1) is 7.11 Å². The molecule has 2 rings (SSSR count). The van der Waals surface area contributed by atoms with E-state index in [9.17, 15) is 14.0 Å². The Labute approximate surface area is 141 Å². The molecule has 1 fully saturated rings. The number of rotatable bonds is 2. The molecular formula is C17H23FN2O4. The summed E-state index contributed by atoms with van der Waals surface area (Å²) < 4.78 is 23.3. The summed E-state index contributed by atoms with van der Waals surface area (Å²) in [5.74, 6) is -0.830. The molecule has 0 aliphatic carbocycles. The number of carbonyl (C=O) groups excluding carboxylic acids is 2. The second-order valence-corrected chi connectivity index (χ2v) is 6.64. The molecule has 1 aliphatic heterocycles. The van der Waals surface area contributed by atoms with Crippen LogP contribution in [0.4, 0.5) is 14.9 Å². The molecule has 0 bridgehead atoms. The molecule has 24 heavy (non-hydrogen) atoms. The highest BCUT2D eigenvalue weighted by atomic mass is 19.1. The Morgan fingerprint density at radius 2 is 1.79 bits per heavy atom. The third-order valence-electron chi connectivity index (χ3n) is 3.67. The van der Waals surface area contributed by atoms with Crippen LogP contribution in [-0.4, -0.2) is 55.3 Å². The van der Waals surface area contributed by atoms with Gasteiger partial charge in [-0.15, -0.1) is 0 Å². The first kappa shape index (κ1) is 18.0. The minimum atomic E-state index is -0.774. The van der Waals surface area contributed by atoms with E-state index in [0.717, 1.165) is 5.69 Å². The Morgan fingerprint density at radius 1 is 1.17 bits per heavy atom. The van der Waals surface area contributed by atoms with Gasteiger partial charge in [-0.05, 0) is 45.0 Å². The zero-order valence-corrected chi connectivity index (χ0v) is 14.4. The van der Waals surface area contributed by atoms with Crippen molar-refractivity contribution in [2.75, 3.05) is 31.6 Å². The minimum Gasteiger partial charge on any atom is -0.467 e. The van der Waals surface area contributed by atoms with Gasteiger partial charge in [0.1, 0.15) is 11.4 Å². The summed E-state index contributed by atoms with van der Waals surface area (Å²) in [5.41, 5.74) is 0.139. The number of methoxy groups -OCH3 is 1. The average Bonchev–Trinajstić information content (AvgIpc) is 2.52. The fourth-order valence-corrected chi connectivity index (χ4v) is 2.55. The van der Waals surface area contributed by atoms with Gasteiger partial charge in [0.2, 0.25) is 0 Å². The number of piperazine rings is 1. The van der Waals surface area contributed by atoms with Gasteiger partial charge in [-0.3, -0.25) is 4.90 Å². The molecule has 1 aliphatic rings. The first-order valence-corrected chi connectivity index (χ1v) is 7.79. The summed E-state index contributed by atoms with van der Waals surface area (Å²) in [7, 11) is 1.28. The minimum absolute atomic E-state index is 0.261. The first-order chi connectivity index (χ1) is 11.2. The Kier molecular flexibility index (Phi) is 5.31. The maximum atomic E-state index is 13.1. The number of benzene rings is 1. The van der Waals surface area contributed by atoms with Gasteiger partial charge in [0.15, 0.2) is 6.04 Å². The van der Waals surface area contributed by atoms with Crippen LogP contribution in [0.5, 0.6) is 0 Å². The number of carbonyl (C=O) groups is 2. The van der Waals surface area contributed by atoms with Crippen molar-refractivity contribution in [3.63, 3.8) is 0 Å². The van der Waals surface area contributed by atoms with Crippen LogP contribution in [0.25, 0.3) is 0 Å². The van der Waals surface area contributed by atoms with E-state index >= 15 is 0 Å². The highest BCUT2D eigenvalue weighted by Crippen LogP contribution is 2.22. The van der Waals surface area contributed by atoms with Gasteiger partial charge in [-0.2, -0.15) is 0 Å². The lowest BCUT2D eigenvalue weighted by Gasteiger charge is -2.41. The molecule has 1 unspecified atom stereocenters. The molecule has 0 N–H and O–H groups in total. The first-order valence-electron chi connectivity index (χ1n) is 7.79. The zero-order valence-electron chi connectivity index (χ0n) is 14.4. The van der Waals surface area contributed by atoms with Crippen molar-refractivity contribution in [1.82, 2.24) is 4.90 Å². The number of esters is 1. The summed E-state index contributed by atoms with van der Waals surface area (Å²) in [6.07, 6.45) is -0.545. The molecule has 1 amide bonds. The lowest BCUT2D eigenvalue weighted by Crippen LogP contribution is -2.59. The quantitative estimate of drug-likeness (QED) is 0.775. The van der Waals surface area contributed by atoms with Gasteiger partial charge < -0.3 is 14.4 Å². The van der Waals surface area contributed by atoms with E-state index in [1.54, 1.807) is 32.9 Å². The molecule has 132 valence electrons. The molecular weight excluding hydrogens is 315 g/mol. The van der Waals surface area contributed by atoms with E-state index in [4.69, 9.17) is 9.47 Å². The number of amides is 1.